The summed E-state index contributed by atoms with van der Waals surface area (Å²) in [5.74, 6) is 1.21. The number of ether oxygens (including phenoxy) is 3. The first-order valence-electron chi connectivity index (χ1n) is 10.4. The van der Waals surface area contributed by atoms with E-state index in [4.69, 9.17) is 29.4 Å². The number of hydrazone groups is 1. The molecule has 0 saturated heterocycles. The summed E-state index contributed by atoms with van der Waals surface area (Å²) in [5.41, 5.74) is 3.64. The lowest BCUT2D eigenvalue weighted by Gasteiger charge is -2.18. The van der Waals surface area contributed by atoms with Gasteiger partial charge in [-0.1, -0.05) is 41.7 Å². The Hall–Kier alpha value is -3.46. The molecule has 1 N–H and O–H groups in total. The number of para-hydroxylation sites is 2. The minimum Gasteiger partial charge on any atom is -0.491 e. The van der Waals surface area contributed by atoms with Gasteiger partial charge in [-0.25, -0.2) is 9.99 Å². The second-order valence-corrected chi connectivity index (χ2v) is 8.14. The van der Waals surface area contributed by atoms with Crippen molar-refractivity contribution in [2.75, 3.05) is 32.1 Å². The number of hydrogen-bond acceptors (Lipinski definition) is 8. The molecule has 0 atom stereocenters. The van der Waals surface area contributed by atoms with Crippen LogP contribution in [0.25, 0.3) is 10.2 Å². The molecule has 1 heterocycles. The minimum absolute atomic E-state index is 0.0655. The first kappa shape index (κ1) is 22.7. The molecule has 170 valence electrons. The summed E-state index contributed by atoms with van der Waals surface area (Å²) in [6.45, 7) is 2.29. The van der Waals surface area contributed by atoms with Crippen LogP contribution in [0.15, 0.2) is 71.8 Å². The molecule has 7 nitrogen and oxygen atoms in total. The fourth-order valence-electron chi connectivity index (χ4n) is 3.22. The molecule has 0 aliphatic rings. The zero-order valence-corrected chi connectivity index (χ0v) is 19.3. The SMILES string of the molecule is COCOc1ccc(OCCO)cc1/C=N/N(c1nc2ccccc2s1)c1ccccc1C. The van der Waals surface area contributed by atoms with Gasteiger partial charge in [-0.05, 0) is 48.9 Å². The van der Waals surface area contributed by atoms with Gasteiger partial charge in [-0.2, -0.15) is 5.10 Å². The number of aromatic nitrogens is 1. The lowest BCUT2D eigenvalue weighted by atomic mass is 10.2. The molecular formula is C25H25N3O4S. The molecular weight excluding hydrogens is 438 g/mol. The number of aliphatic hydroxyl groups is 1. The van der Waals surface area contributed by atoms with Gasteiger partial charge < -0.3 is 19.3 Å². The topological polar surface area (TPSA) is 76.4 Å². The van der Waals surface area contributed by atoms with E-state index in [1.54, 1.807) is 36.8 Å². The molecule has 0 radical (unpaired) electrons. The minimum atomic E-state index is -0.0655. The number of methoxy groups -OCH3 is 1. The van der Waals surface area contributed by atoms with Crippen LogP contribution in [-0.4, -0.2) is 43.4 Å². The molecule has 0 aliphatic heterocycles. The molecule has 0 unspecified atom stereocenters. The maximum absolute atomic E-state index is 9.08. The highest BCUT2D eigenvalue weighted by Gasteiger charge is 2.16. The third-order valence-corrected chi connectivity index (χ3v) is 5.81. The van der Waals surface area contributed by atoms with E-state index in [-0.39, 0.29) is 20.0 Å². The monoisotopic (exact) mass is 463 g/mol. The molecule has 0 bridgehead atoms. The fraction of sp³-hybridized carbons (Fsp3) is 0.200. The van der Waals surface area contributed by atoms with Crippen LogP contribution in [0.3, 0.4) is 0 Å². The van der Waals surface area contributed by atoms with Gasteiger partial charge in [-0.3, -0.25) is 0 Å². The van der Waals surface area contributed by atoms with E-state index >= 15 is 0 Å². The van der Waals surface area contributed by atoms with Crippen LogP contribution in [-0.2, 0) is 4.74 Å². The molecule has 0 aliphatic carbocycles. The largest absolute Gasteiger partial charge is 0.491 e. The van der Waals surface area contributed by atoms with Crippen LogP contribution in [0.5, 0.6) is 11.5 Å². The van der Waals surface area contributed by atoms with E-state index in [9.17, 15) is 0 Å². The summed E-state index contributed by atoms with van der Waals surface area (Å²) in [4.78, 5) is 4.80. The number of benzene rings is 3. The second-order valence-electron chi connectivity index (χ2n) is 7.13. The first-order valence-corrected chi connectivity index (χ1v) is 11.3. The van der Waals surface area contributed by atoms with Crippen LogP contribution in [0.1, 0.15) is 11.1 Å². The molecule has 0 spiro atoms. The Balaban J connectivity index is 1.75. The number of fused-ring (bicyclic) bond motifs is 1. The van der Waals surface area contributed by atoms with Crippen molar-refractivity contribution >= 4 is 38.6 Å². The molecule has 33 heavy (non-hydrogen) atoms. The normalized spacial score (nSPS) is 11.2. The summed E-state index contributed by atoms with van der Waals surface area (Å²) < 4.78 is 17.4. The molecule has 4 aromatic rings. The first-order chi connectivity index (χ1) is 16.2. The van der Waals surface area contributed by atoms with Gasteiger partial charge in [0.2, 0.25) is 5.13 Å². The smallest absolute Gasteiger partial charge is 0.211 e. The maximum atomic E-state index is 9.08. The Labute approximate surface area is 196 Å². The van der Waals surface area contributed by atoms with Crippen LogP contribution >= 0.6 is 11.3 Å². The van der Waals surface area contributed by atoms with Crippen molar-refractivity contribution in [1.29, 1.82) is 0 Å². The molecule has 0 saturated carbocycles. The highest BCUT2D eigenvalue weighted by Crippen LogP contribution is 2.35. The Kier molecular flexibility index (Phi) is 7.51. The number of nitrogens with zero attached hydrogens (tertiary/aromatic N) is 3. The molecule has 1 aromatic heterocycles. The predicted molar refractivity (Wildman–Crippen MR) is 132 cm³/mol. The quantitative estimate of drug-likeness (QED) is 0.200. The molecule has 8 heteroatoms. The highest BCUT2D eigenvalue weighted by atomic mass is 32.1. The number of aliphatic hydroxyl groups excluding tert-OH is 1. The van der Waals surface area contributed by atoms with Crippen molar-refractivity contribution in [2.24, 2.45) is 5.10 Å². The number of hydrogen-bond donors (Lipinski definition) is 1. The van der Waals surface area contributed by atoms with Gasteiger partial charge in [0, 0.05) is 12.7 Å². The van der Waals surface area contributed by atoms with Gasteiger partial charge in [-0.15, -0.1) is 0 Å². The van der Waals surface area contributed by atoms with Gasteiger partial charge in [0.05, 0.1) is 28.7 Å². The van der Waals surface area contributed by atoms with Gasteiger partial charge in [0.15, 0.2) is 6.79 Å². The number of anilines is 2. The Bertz CT molecular complexity index is 1210. The van der Waals surface area contributed by atoms with Crippen molar-refractivity contribution in [1.82, 2.24) is 4.98 Å². The number of thiazole rings is 1. The second kappa shape index (κ2) is 10.9. The molecule has 3 aromatic carbocycles. The summed E-state index contributed by atoms with van der Waals surface area (Å²) in [5, 5.41) is 16.5. The summed E-state index contributed by atoms with van der Waals surface area (Å²) in [6, 6.07) is 21.5. The van der Waals surface area contributed by atoms with Crippen molar-refractivity contribution < 1.29 is 19.3 Å². The molecule has 4 rings (SSSR count). The van der Waals surface area contributed by atoms with Crippen molar-refractivity contribution in [3.05, 3.63) is 77.9 Å². The van der Waals surface area contributed by atoms with Crippen LogP contribution in [0.4, 0.5) is 10.8 Å². The van der Waals surface area contributed by atoms with Gasteiger partial charge >= 0.3 is 0 Å². The third-order valence-electron chi connectivity index (χ3n) is 4.79. The Morgan fingerprint density at radius 2 is 1.88 bits per heavy atom. The number of aryl methyl sites for hydroxylation is 1. The van der Waals surface area contributed by atoms with E-state index in [2.05, 4.69) is 6.07 Å². The fourth-order valence-corrected chi connectivity index (χ4v) is 4.16. The van der Waals surface area contributed by atoms with Crippen LogP contribution in [0.2, 0.25) is 0 Å². The summed E-state index contributed by atoms with van der Waals surface area (Å²) in [6.07, 6.45) is 1.72. The average molecular weight is 464 g/mol. The number of rotatable bonds is 10. The van der Waals surface area contributed by atoms with Crippen LogP contribution < -0.4 is 14.5 Å². The molecule has 0 fully saturated rings. The van der Waals surface area contributed by atoms with E-state index in [1.807, 2.05) is 60.5 Å². The summed E-state index contributed by atoms with van der Waals surface area (Å²) >= 11 is 1.57. The van der Waals surface area contributed by atoms with Gasteiger partial charge in [0.25, 0.3) is 0 Å². The maximum Gasteiger partial charge on any atom is 0.211 e. The van der Waals surface area contributed by atoms with E-state index in [0.29, 0.717) is 17.1 Å². The Morgan fingerprint density at radius 3 is 2.67 bits per heavy atom. The van der Waals surface area contributed by atoms with Gasteiger partial charge in [0.1, 0.15) is 18.1 Å². The third kappa shape index (κ3) is 5.48. The van der Waals surface area contributed by atoms with E-state index in [1.165, 1.54) is 0 Å². The highest BCUT2D eigenvalue weighted by molar-refractivity contribution is 7.22. The van der Waals surface area contributed by atoms with Crippen molar-refractivity contribution in [3.63, 3.8) is 0 Å². The van der Waals surface area contributed by atoms with E-state index in [0.717, 1.165) is 26.6 Å². The van der Waals surface area contributed by atoms with E-state index < -0.39 is 0 Å². The predicted octanol–water partition coefficient (Wildman–Crippen LogP) is 5.13. The van der Waals surface area contributed by atoms with Crippen LogP contribution in [0, 0.1) is 6.92 Å². The lowest BCUT2D eigenvalue weighted by molar-refractivity contribution is 0.0510. The average Bonchev–Trinajstić information content (AvgIpc) is 3.27. The standard InChI is InChI=1S/C25H25N3O4S/c1-18-7-3-5-9-22(18)28(25-27-21-8-4-6-10-24(21)33-25)26-16-19-15-20(31-14-13-29)11-12-23(19)32-17-30-2/h3-12,15-16,29H,13-14,17H2,1-2H3/b26-16+. The summed E-state index contributed by atoms with van der Waals surface area (Å²) in [7, 11) is 1.57. The zero-order valence-electron chi connectivity index (χ0n) is 18.5. The van der Waals surface area contributed by atoms with Crippen molar-refractivity contribution in [3.8, 4) is 11.5 Å². The molecule has 0 amide bonds. The zero-order chi connectivity index (χ0) is 23.0. The lowest BCUT2D eigenvalue weighted by Crippen LogP contribution is -2.11. The Morgan fingerprint density at radius 1 is 1.06 bits per heavy atom. The van der Waals surface area contributed by atoms with Crippen molar-refractivity contribution in [2.45, 2.75) is 6.92 Å².